The van der Waals surface area contributed by atoms with E-state index < -0.39 is 0 Å². The molecule has 1 nitrogen and oxygen atoms in total. The molecule has 0 amide bonds. The van der Waals surface area contributed by atoms with Gasteiger partial charge in [-0.1, -0.05) is 41.5 Å². The quantitative estimate of drug-likeness (QED) is 0.581. The van der Waals surface area contributed by atoms with Gasteiger partial charge in [-0.05, 0) is 5.41 Å². The molecule has 0 bridgehead atoms. The second-order valence-corrected chi connectivity index (χ2v) is 6.89. The summed E-state index contributed by atoms with van der Waals surface area (Å²) in [6.45, 7) is 13.5. The van der Waals surface area contributed by atoms with E-state index in [1.807, 2.05) is 11.8 Å². The third-order valence-electron chi connectivity index (χ3n) is 2.29. The number of hydrogen-bond donors (Lipinski definition) is 0. The molecule has 13 heavy (non-hydrogen) atoms. The Morgan fingerprint density at radius 1 is 1.15 bits per heavy atom. The average molecular weight is 199 g/mol. The van der Waals surface area contributed by atoms with E-state index in [1.165, 1.54) is 5.04 Å². The molecule has 1 aliphatic heterocycles. The molecular weight excluding hydrogens is 178 g/mol. The van der Waals surface area contributed by atoms with Crippen LogP contribution in [-0.4, -0.2) is 16.8 Å². The molecule has 0 radical (unpaired) electrons. The lowest BCUT2D eigenvalue weighted by Crippen LogP contribution is -2.24. The van der Waals surface area contributed by atoms with Gasteiger partial charge in [0.2, 0.25) is 0 Å². The molecule has 0 aliphatic carbocycles. The van der Waals surface area contributed by atoms with Crippen LogP contribution in [0.1, 0.15) is 41.5 Å². The first-order valence-electron chi connectivity index (χ1n) is 4.92. The molecule has 1 rings (SSSR count). The van der Waals surface area contributed by atoms with E-state index in [2.05, 4.69) is 41.5 Å². The van der Waals surface area contributed by atoms with Crippen molar-refractivity contribution in [1.82, 2.24) is 0 Å². The molecule has 0 saturated heterocycles. The minimum absolute atomic E-state index is 0.241. The highest BCUT2D eigenvalue weighted by atomic mass is 32.2. The van der Waals surface area contributed by atoms with E-state index in [9.17, 15) is 0 Å². The van der Waals surface area contributed by atoms with E-state index in [1.54, 1.807) is 0 Å². The molecule has 1 atom stereocenters. The lowest BCUT2D eigenvalue weighted by atomic mass is 9.88. The molecule has 76 valence electrons. The number of hydrogen-bond acceptors (Lipinski definition) is 2. The van der Waals surface area contributed by atoms with Crippen LogP contribution < -0.4 is 0 Å². The van der Waals surface area contributed by atoms with Gasteiger partial charge in [-0.3, -0.25) is 4.99 Å². The lowest BCUT2D eigenvalue weighted by Gasteiger charge is -2.23. The van der Waals surface area contributed by atoms with Crippen molar-refractivity contribution in [3.05, 3.63) is 0 Å². The van der Waals surface area contributed by atoms with Gasteiger partial charge in [0.25, 0.3) is 0 Å². The summed E-state index contributed by atoms with van der Waals surface area (Å²) in [5.74, 6) is 1.16. The van der Waals surface area contributed by atoms with Crippen LogP contribution in [0.5, 0.6) is 0 Å². The van der Waals surface area contributed by atoms with Crippen molar-refractivity contribution >= 4 is 16.8 Å². The normalized spacial score (nSPS) is 24.8. The van der Waals surface area contributed by atoms with Crippen LogP contribution in [-0.2, 0) is 0 Å². The van der Waals surface area contributed by atoms with Crippen molar-refractivity contribution in [3.8, 4) is 0 Å². The zero-order valence-corrected chi connectivity index (χ0v) is 10.5. The summed E-state index contributed by atoms with van der Waals surface area (Å²) in [5, 5.41) is 1.33. The first kappa shape index (κ1) is 11.1. The first-order valence-corrected chi connectivity index (χ1v) is 5.91. The zero-order chi connectivity index (χ0) is 10.3. The number of aliphatic imine (C=N–C) groups is 1. The molecule has 0 aromatic rings. The Hall–Kier alpha value is 0.0200. The molecule has 1 heterocycles. The molecule has 2 heteroatoms. The number of nitrogens with zero attached hydrogens (tertiary/aromatic N) is 1. The maximum absolute atomic E-state index is 4.81. The van der Waals surface area contributed by atoms with Crippen LogP contribution in [0.4, 0.5) is 0 Å². The zero-order valence-electron chi connectivity index (χ0n) is 9.64. The van der Waals surface area contributed by atoms with Crippen molar-refractivity contribution in [3.63, 3.8) is 0 Å². The molecular formula is C11H21NS. The Morgan fingerprint density at radius 2 is 1.69 bits per heavy atom. The average Bonchev–Trinajstić information content (AvgIpc) is 2.28. The molecule has 0 aromatic carbocycles. The minimum atomic E-state index is 0.241. The fraction of sp³-hybridized carbons (Fsp3) is 0.909. The van der Waals surface area contributed by atoms with Crippen molar-refractivity contribution in [2.24, 2.45) is 15.8 Å². The standard InChI is InChI=1S/C11H21NS/c1-10(2,3)8-7-13-9(12-8)11(4,5)6/h8H,7H2,1-6H3. The van der Waals surface area contributed by atoms with Crippen molar-refractivity contribution < 1.29 is 0 Å². The van der Waals surface area contributed by atoms with E-state index >= 15 is 0 Å². The van der Waals surface area contributed by atoms with E-state index in [4.69, 9.17) is 4.99 Å². The van der Waals surface area contributed by atoms with Crippen LogP contribution >= 0.6 is 11.8 Å². The fourth-order valence-corrected chi connectivity index (χ4v) is 2.75. The highest BCUT2D eigenvalue weighted by Crippen LogP contribution is 2.37. The molecule has 0 spiro atoms. The summed E-state index contributed by atoms with van der Waals surface area (Å²) in [5.41, 5.74) is 0.560. The maximum Gasteiger partial charge on any atom is 0.0734 e. The van der Waals surface area contributed by atoms with Gasteiger partial charge in [0.15, 0.2) is 0 Å². The molecule has 0 fully saturated rings. The first-order chi connectivity index (χ1) is 5.71. The van der Waals surface area contributed by atoms with Crippen molar-refractivity contribution in [1.29, 1.82) is 0 Å². The van der Waals surface area contributed by atoms with Gasteiger partial charge in [-0.2, -0.15) is 0 Å². The van der Waals surface area contributed by atoms with Gasteiger partial charge in [0, 0.05) is 11.2 Å². The number of rotatable bonds is 0. The largest absolute Gasteiger partial charge is 0.278 e. The van der Waals surface area contributed by atoms with E-state index in [0.717, 1.165) is 5.75 Å². The van der Waals surface area contributed by atoms with Gasteiger partial charge in [0.1, 0.15) is 0 Å². The summed E-state index contributed by atoms with van der Waals surface area (Å²) in [6, 6.07) is 0.506. The molecule has 1 unspecified atom stereocenters. The van der Waals surface area contributed by atoms with Gasteiger partial charge >= 0.3 is 0 Å². The van der Waals surface area contributed by atoms with Gasteiger partial charge in [-0.25, -0.2) is 0 Å². The maximum atomic E-state index is 4.81. The summed E-state index contributed by atoms with van der Waals surface area (Å²) < 4.78 is 0. The molecule has 0 N–H and O–H groups in total. The Morgan fingerprint density at radius 3 is 1.92 bits per heavy atom. The van der Waals surface area contributed by atoms with Gasteiger partial charge in [-0.15, -0.1) is 11.8 Å². The Labute approximate surface area is 86.4 Å². The Balaban J connectivity index is 2.76. The van der Waals surface area contributed by atoms with Crippen LogP contribution in [0.3, 0.4) is 0 Å². The summed E-state index contributed by atoms with van der Waals surface area (Å²) in [4.78, 5) is 4.81. The van der Waals surface area contributed by atoms with Crippen molar-refractivity contribution in [2.75, 3.05) is 5.75 Å². The second-order valence-electron chi connectivity index (χ2n) is 5.88. The third-order valence-corrected chi connectivity index (χ3v) is 3.77. The fourth-order valence-electron chi connectivity index (χ4n) is 1.23. The minimum Gasteiger partial charge on any atom is -0.278 e. The van der Waals surface area contributed by atoms with Crippen LogP contribution in [0.25, 0.3) is 0 Å². The van der Waals surface area contributed by atoms with Crippen molar-refractivity contribution in [2.45, 2.75) is 47.6 Å². The molecule has 0 saturated carbocycles. The summed E-state index contributed by atoms with van der Waals surface area (Å²) in [7, 11) is 0. The predicted octanol–water partition coefficient (Wildman–Crippen LogP) is 3.59. The summed E-state index contributed by atoms with van der Waals surface area (Å²) >= 11 is 1.93. The third kappa shape index (κ3) is 2.73. The Kier molecular flexibility index (Phi) is 2.82. The SMILES string of the molecule is CC(C)(C)C1=NC(C(C)(C)C)CS1. The second kappa shape index (κ2) is 3.30. The lowest BCUT2D eigenvalue weighted by molar-refractivity contribution is 0.347. The topological polar surface area (TPSA) is 12.4 Å². The number of thioether (sulfide) groups is 1. The molecule has 1 aliphatic rings. The highest BCUT2D eigenvalue weighted by molar-refractivity contribution is 8.14. The van der Waals surface area contributed by atoms with Gasteiger partial charge < -0.3 is 0 Å². The molecule has 0 aromatic heterocycles. The van der Waals surface area contributed by atoms with E-state index in [0.29, 0.717) is 11.5 Å². The smallest absolute Gasteiger partial charge is 0.0734 e. The van der Waals surface area contributed by atoms with Gasteiger partial charge in [0.05, 0.1) is 11.1 Å². The highest BCUT2D eigenvalue weighted by Gasteiger charge is 2.33. The monoisotopic (exact) mass is 199 g/mol. The van der Waals surface area contributed by atoms with Crippen LogP contribution in [0, 0.1) is 10.8 Å². The van der Waals surface area contributed by atoms with E-state index in [-0.39, 0.29) is 5.41 Å². The van der Waals surface area contributed by atoms with Crippen LogP contribution in [0.15, 0.2) is 4.99 Å². The Bertz CT molecular complexity index is 217. The van der Waals surface area contributed by atoms with Crippen LogP contribution in [0.2, 0.25) is 0 Å². The predicted molar refractivity (Wildman–Crippen MR) is 62.6 cm³/mol. The summed E-state index contributed by atoms with van der Waals surface area (Å²) in [6.07, 6.45) is 0.